The highest BCUT2D eigenvalue weighted by Gasteiger charge is 2.30. The SMILES string of the molecule is CCCCOc1ccc(S(=O)(=O)N2CCN(CCO)CC2)c2ccccc12. The Morgan fingerprint density at radius 2 is 1.74 bits per heavy atom. The molecule has 0 saturated carbocycles. The minimum atomic E-state index is -3.58. The van der Waals surface area contributed by atoms with E-state index in [1.54, 1.807) is 16.4 Å². The number of nitrogens with zero attached hydrogens (tertiary/aromatic N) is 2. The van der Waals surface area contributed by atoms with E-state index >= 15 is 0 Å². The van der Waals surface area contributed by atoms with Gasteiger partial charge in [-0.3, -0.25) is 4.90 Å². The second kappa shape index (κ2) is 9.01. The molecule has 2 aromatic rings. The van der Waals surface area contributed by atoms with Gasteiger partial charge in [0.15, 0.2) is 0 Å². The van der Waals surface area contributed by atoms with Gasteiger partial charge >= 0.3 is 0 Å². The van der Waals surface area contributed by atoms with Crippen LogP contribution in [0.5, 0.6) is 5.75 Å². The Morgan fingerprint density at radius 1 is 1.04 bits per heavy atom. The van der Waals surface area contributed by atoms with Crippen LogP contribution in [0.25, 0.3) is 10.8 Å². The lowest BCUT2D eigenvalue weighted by Gasteiger charge is -2.33. The summed E-state index contributed by atoms with van der Waals surface area (Å²) in [7, 11) is -3.58. The molecule has 0 aromatic heterocycles. The van der Waals surface area contributed by atoms with E-state index in [1.807, 2.05) is 24.3 Å². The average Bonchev–Trinajstić information content (AvgIpc) is 2.69. The second-order valence-corrected chi connectivity index (χ2v) is 8.69. The van der Waals surface area contributed by atoms with Crippen molar-refractivity contribution in [2.75, 3.05) is 45.9 Å². The number of ether oxygens (including phenoxy) is 1. The molecule has 7 heteroatoms. The molecule has 1 aliphatic rings. The molecule has 2 aromatic carbocycles. The summed E-state index contributed by atoms with van der Waals surface area (Å²) < 4.78 is 33.9. The average molecular weight is 393 g/mol. The number of hydrogen-bond donors (Lipinski definition) is 1. The predicted molar refractivity (Wildman–Crippen MR) is 107 cm³/mol. The molecule has 27 heavy (non-hydrogen) atoms. The van der Waals surface area contributed by atoms with Crippen LogP contribution in [0.15, 0.2) is 41.3 Å². The number of β-amino-alcohol motifs (C(OH)–C–C–N with tert-alkyl or cyclic N) is 1. The molecule has 1 heterocycles. The van der Waals surface area contributed by atoms with Gasteiger partial charge in [-0.2, -0.15) is 4.31 Å². The largest absolute Gasteiger partial charge is 0.493 e. The summed E-state index contributed by atoms with van der Waals surface area (Å²) >= 11 is 0. The third kappa shape index (κ3) is 4.43. The molecule has 0 atom stereocenters. The van der Waals surface area contributed by atoms with Crippen molar-refractivity contribution in [1.29, 1.82) is 0 Å². The van der Waals surface area contributed by atoms with E-state index in [1.165, 1.54) is 0 Å². The zero-order valence-electron chi connectivity index (χ0n) is 15.8. The standard InChI is InChI=1S/C20H28N2O4S/c1-2-3-16-26-19-8-9-20(18-7-5-4-6-17(18)19)27(24,25)22-12-10-21(11-13-22)14-15-23/h4-9,23H,2-3,10-16H2,1H3. The zero-order chi connectivity index (χ0) is 19.3. The number of aliphatic hydroxyl groups excluding tert-OH is 1. The van der Waals surface area contributed by atoms with Crippen LogP contribution in [-0.4, -0.2) is 68.7 Å². The van der Waals surface area contributed by atoms with Crippen LogP contribution in [0.2, 0.25) is 0 Å². The number of piperazine rings is 1. The molecule has 1 fully saturated rings. The first-order chi connectivity index (χ1) is 13.1. The van der Waals surface area contributed by atoms with Crippen molar-refractivity contribution in [3.05, 3.63) is 36.4 Å². The minimum absolute atomic E-state index is 0.0941. The van der Waals surface area contributed by atoms with Crippen LogP contribution < -0.4 is 4.74 Å². The predicted octanol–water partition coefficient (Wildman–Crippen LogP) is 2.32. The van der Waals surface area contributed by atoms with Gasteiger partial charge in [-0.25, -0.2) is 8.42 Å². The van der Waals surface area contributed by atoms with Crippen molar-refractivity contribution in [2.24, 2.45) is 0 Å². The van der Waals surface area contributed by atoms with Crippen molar-refractivity contribution in [3.8, 4) is 5.75 Å². The Bertz CT molecular complexity index is 861. The summed E-state index contributed by atoms with van der Waals surface area (Å²) in [5, 5.41) is 10.6. The van der Waals surface area contributed by atoms with E-state index in [4.69, 9.17) is 9.84 Å². The van der Waals surface area contributed by atoms with Gasteiger partial charge in [-0.15, -0.1) is 0 Å². The fraction of sp³-hybridized carbons (Fsp3) is 0.500. The van der Waals surface area contributed by atoms with Gasteiger partial charge in [0, 0.05) is 43.5 Å². The van der Waals surface area contributed by atoms with Crippen molar-refractivity contribution >= 4 is 20.8 Å². The lowest BCUT2D eigenvalue weighted by molar-refractivity contribution is 0.151. The lowest BCUT2D eigenvalue weighted by Crippen LogP contribution is -2.49. The van der Waals surface area contributed by atoms with E-state index in [9.17, 15) is 8.42 Å². The number of aliphatic hydroxyl groups is 1. The Morgan fingerprint density at radius 3 is 2.41 bits per heavy atom. The third-order valence-electron chi connectivity index (χ3n) is 4.96. The Labute approximate surface area is 161 Å². The monoisotopic (exact) mass is 392 g/mol. The van der Waals surface area contributed by atoms with Gasteiger partial charge < -0.3 is 9.84 Å². The van der Waals surface area contributed by atoms with E-state index in [0.717, 1.165) is 24.0 Å². The number of hydrogen-bond acceptors (Lipinski definition) is 5. The maximum absolute atomic E-state index is 13.3. The molecule has 1 N–H and O–H groups in total. The first-order valence-corrected chi connectivity index (χ1v) is 11.0. The zero-order valence-corrected chi connectivity index (χ0v) is 16.6. The summed E-state index contributed by atoms with van der Waals surface area (Å²) in [4.78, 5) is 2.41. The molecule has 0 radical (unpaired) electrons. The summed E-state index contributed by atoms with van der Waals surface area (Å²) in [6.07, 6.45) is 2.01. The number of benzene rings is 2. The molecule has 1 aliphatic heterocycles. The van der Waals surface area contributed by atoms with Crippen molar-refractivity contribution in [2.45, 2.75) is 24.7 Å². The van der Waals surface area contributed by atoms with Crippen LogP contribution in [0.3, 0.4) is 0 Å². The highest BCUT2D eigenvalue weighted by atomic mass is 32.2. The van der Waals surface area contributed by atoms with Crippen LogP contribution in [-0.2, 0) is 10.0 Å². The Balaban J connectivity index is 1.89. The summed E-state index contributed by atoms with van der Waals surface area (Å²) in [5.41, 5.74) is 0. The van der Waals surface area contributed by atoms with E-state index in [0.29, 0.717) is 49.6 Å². The smallest absolute Gasteiger partial charge is 0.243 e. The number of sulfonamides is 1. The summed E-state index contributed by atoms with van der Waals surface area (Å²) in [6, 6.07) is 11.0. The van der Waals surface area contributed by atoms with Crippen LogP contribution in [0, 0.1) is 0 Å². The second-order valence-electron chi connectivity index (χ2n) is 6.78. The Kier molecular flexibility index (Phi) is 6.70. The lowest BCUT2D eigenvalue weighted by atomic mass is 10.1. The van der Waals surface area contributed by atoms with Crippen molar-refractivity contribution in [3.63, 3.8) is 0 Å². The molecule has 6 nitrogen and oxygen atoms in total. The summed E-state index contributed by atoms with van der Waals surface area (Å²) in [6.45, 7) is 5.55. The number of rotatable bonds is 8. The highest BCUT2D eigenvalue weighted by Crippen LogP contribution is 2.33. The normalized spacial score (nSPS) is 16.7. The number of fused-ring (bicyclic) bond motifs is 1. The van der Waals surface area contributed by atoms with Crippen molar-refractivity contribution in [1.82, 2.24) is 9.21 Å². The van der Waals surface area contributed by atoms with E-state index < -0.39 is 10.0 Å². The van der Waals surface area contributed by atoms with Gasteiger partial charge in [-0.1, -0.05) is 37.6 Å². The summed E-state index contributed by atoms with van der Waals surface area (Å²) in [5.74, 6) is 0.728. The van der Waals surface area contributed by atoms with Gasteiger partial charge in [0.25, 0.3) is 0 Å². The minimum Gasteiger partial charge on any atom is -0.493 e. The van der Waals surface area contributed by atoms with Crippen LogP contribution in [0.4, 0.5) is 0 Å². The molecule has 0 spiro atoms. The third-order valence-corrected chi connectivity index (χ3v) is 6.92. The molecule has 0 unspecified atom stereocenters. The number of unbranched alkanes of at least 4 members (excludes halogenated alkanes) is 1. The molecule has 0 amide bonds. The Hall–Kier alpha value is -1.67. The van der Waals surface area contributed by atoms with Crippen LogP contribution >= 0.6 is 0 Å². The fourth-order valence-electron chi connectivity index (χ4n) is 3.40. The van der Waals surface area contributed by atoms with Gasteiger partial charge in [-0.05, 0) is 18.6 Å². The topological polar surface area (TPSA) is 70.1 Å². The molecule has 3 rings (SSSR count). The maximum Gasteiger partial charge on any atom is 0.243 e. The molecule has 148 valence electrons. The highest BCUT2D eigenvalue weighted by molar-refractivity contribution is 7.89. The molecule has 0 bridgehead atoms. The first-order valence-electron chi connectivity index (χ1n) is 9.56. The van der Waals surface area contributed by atoms with Crippen molar-refractivity contribution < 1.29 is 18.3 Å². The van der Waals surface area contributed by atoms with Gasteiger partial charge in [0.05, 0.1) is 18.1 Å². The molecular weight excluding hydrogens is 364 g/mol. The molecule has 0 aliphatic carbocycles. The van der Waals surface area contributed by atoms with Crippen LogP contribution in [0.1, 0.15) is 19.8 Å². The first kappa shape index (κ1) is 20.1. The van der Waals surface area contributed by atoms with E-state index in [2.05, 4.69) is 11.8 Å². The van der Waals surface area contributed by atoms with E-state index in [-0.39, 0.29) is 6.61 Å². The fourth-order valence-corrected chi connectivity index (χ4v) is 5.01. The molecular formula is C20H28N2O4S. The van der Waals surface area contributed by atoms with Gasteiger partial charge in [0.2, 0.25) is 10.0 Å². The molecule has 1 saturated heterocycles. The quantitative estimate of drug-likeness (QED) is 0.698. The van der Waals surface area contributed by atoms with Gasteiger partial charge in [0.1, 0.15) is 5.75 Å². The maximum atomic E-state index is 13.3.